The monoisotopic (exact) mass is 421 g/mol. The summed E-state index contributed by atoms with van der Waals surface area (Å²) in [5, 5.41) is 17.7. The molecule has 1 saturated heterocycles. The first-order chi connectivity index (χ1) is 15.1. The molecule has 1 atom stereocenters. The Morgan fingerprint density at radius 2 is 2.06 bits per heavy atom. The molecule has 166 valence electrons. The Morgan fingerprint density at radius 3 is 2.71 bits per heavy atom. The summed E-state index contributed by atoms with van der Waals surface area (Å²) in [6.07, 6.45) is 5.28. The molecule has 1 fully saturated rings. The molecule has 0 bridgehead atoms. The maximum Gasteiger partial charge on any atom is 0.193 e. The van der Waals surface area contributed by atoms with Crippen LogP contribution >= 0.6 is 0 Å². The van der Waals surface area contributed by atoms with E-state index in [9.17, 15) is 5.26 Å². The van der Waals surface area contributed by atoms with E-state index < -0.39 is 0 Å². The summed E-state index contributed by atoms with van der Waals surface area (Å²) in [6, 6.07) is 11.9. The molecule has 1 aromatic carbocycles. The number of nitriles is 1. The van der Waals surface area contributed by atoms with E-state index in [1.54, 1.807) is 4.68 Å². The fourth-order valence-corrected chi connectivity index (χ4v) is 4.65. The van der Waals surface area contributed by atoms with Gasteiger partial charge in [0, 0.05) is 26.7 Å². The molecule has 1 aliphatic heterocycles. The van der Waals surface area contributed by atoms with Crippen LogP contribution in [0.3, 0.4) is 0 Å². The highest BCUT2D eigenvalue weighted by Crippen LogP contribution is 2.28. The lowest BCUT2D eigenvalue weighted by atomic mass is 9.87. The van der Waals surface area contributed by atoms with Gasteiger partial charge in [0.15, 0.2) is 5.96 Å². The Balaban J connectivity index is 1.55. The number of nitrogen functional groups attached to an aromatic ring is 1. The quantitative estimate of drug-likeness (QED) is 0.386. The van der Waals surface area contributed by atoms with Gasteiger partial charge in [-0.1, -0.05) is 44.9 Å². The molecule has 0 spiro atoms. The number of aryl methyl sites for hydroxylation is 1. The van der Waals surface area contributed by atoms with E-state index in [1.165, 1.54) is 19.3 Å². The molecule has 0 radical (unpaired) electrons. The van der Waals surface area contributed by atoms with Crippen molar-refractivity contribution in [3.63, 3.8) is 0 Å². The predicted octanol–water partition coefficient (Wildman–Crippen LogP) is 3.59. The van der Waals surface area contributed by atoms with Gasteiger partial charge in [-0.25, -0.2) is 4.68 Å². The largest absolute Gasteiger partial charge is 0.382 e. The standard InChI is InChI=1S/C24H35N7/c1-4-18(5-2)19-13-15-30(17-19)24(27-3)28-14-9-12-22-21(16-25)23(26)31(29-22)20-10-7-6-8-11-20/h6-8,10-11,18-19H,4-5,9,12-15,17,26H2,1-3H3,(H,27,28). The number of rotatable bonds is 8. The Kier molecular flexibility index (Phi) is 7.94. The molecule has 3 N–H and O–H groups in total. The number of nitrogens with zero attached hydrogens (tertiary/aromatic N) is 5. The smallest absolute Gasteiger partial charge is 0.193 e. The first kappa shape index (κ1) is 22.7. The third kappa shape index (κ3) is 5.19. The van der Waals surface area contributed by atoms with Crippen molar-refractivity contribution in [3.8, 4) is 11.8 Å². The predicted molar refractivity (Wildman–Crippen MR) is 126 cm³/mol. The summed E-state index contributed by atoms with van der Waals surface area (Å²) in [5.74, 6) is 2.94. The second-order valence-electron chi connectivity index (χ2n) is 8.21. The lowest BCUT2D eigenvalue weighted by molar-refractivity contribution is 0.319. The SMILES string of the molecule is CCC(CC)C1CCN(C(=NC)NCCCc2nn(-c3ccccc3)c(N)c2C#N)C1. The summed E-state index contributed by atoms with van der Waals surface area (Å²) >= 11 is 0. The first-order valence-electron chi connectivity index (χ1n) is 11.4. The first-order valence-corrected chi connectivity index (χ1v) is 11.4. The third-order valence-electron chi connectivity index (χ3n) is 6.43. The maximum atomic E-state index is 9.57. The number of likely N-dealkylation sites (tertiary alicyclic amines) is 1. The number of benzene rings is 1. The molecule has 1 aliphatic rings. The van der Waals surface area contributed by atoms with Crippen LogP contribution in [-0.4, -0.2) is 47.3 Å². The molecule has 2 heterocycles. The van der Waals surface area contributed by atoms with E-state index >= 15 is 0 Å². The fourth-order valence-electron chi connectivity index (χ4n) is 4.65. The van der Waals surface area contributed by atoms with Gasteiger partial charge in [0.25, 0.3) is 0 Å². The number of para-hydroxylation sites is 1. The van der Waals surface area contributed by atoms with Crippen LogP contribution in [0.2, 0.25) is 0 Å². The number of nitrogens with one attached hydrogen (secondary N) is 1. The van der Waals surface area contributed by atoms with Gasteiger partial charge in [0.05, 0.1) is 11.4 Å². The van der Waals surface area contributed by atoms with Crippen LogP contribution in [-0.2, 0) is 6.42 Å². The Labute approximate surface area is 186 Å². The van der Waals surface area contributed by atoms with E-state index in [-0.39, 0.29) is 0 Å². The Bertz CT molecular complexity index is 906. The molecule has 3 rings (SSSR count). The fraction of sp³-hybridized carbons (Fsp3) is 0.542. The van der Waals surface area contributed by atoms with Gasteiger partial charge in [0.1, 0.15) is 17.5 Å². The molecule has 2 aromatic rings. The average molecular weight is 422 g/mol. The minimum absolute atomic E-state index is 0.400. The average Bonchev–Trinajstić information content (AvgIpc) is 3.40. The van der Waals surface area contributed by atoms with Crippen LogP contribution in [0, 0.1) is 23.2 Å². The normalized spacial score (nSPS) is 16.7. The topological polar surface area (TPSA) is 95.3 Å². The molecule has 1 aromatic heterocycles. The summed E-state index contributed by atoms with van der Waals surface area (Å²) in [5.41, 5.74) is 8.28. The molecule has 0 amide bonds. The molecule has 0 saturated carbocycles. The van der Waals surface area contributed by atoms with Crippen LogP contribution in [0.4, 0.5) is 5.82 Å². The van der Waals surface area contributed by atoms with Gasteiger partial charge in [-0.2, -0.15) is 10.4 Å². The lowest BCUT2D eigenvalue weighted by Gasteiger charge is -2.24. The summed E-state index contributed by atoms with van der Waals surface area (Å²) < 4.78 is 1.66. The van der Waals surface area contributed by atoms with E-state index in [2.05, 4.69) is 40.2 Å². The molecule has 0 aliphatic carbocycles. The number of hydrogen-bond acceptors (Lipinski definition) is 4. The zero-order valence-corrected chi connectivity index (χ0v) is 19.0. The highest BCUT2D eigenvalue weighted by atomic mass is 15.3. The van der Waals surface area contributed by atoms with Gasteiger partial charge in [-0.15, -0.1) is 0 Å². The summed E-state index contributed by atoms with van der Waals surface area (Å²) in [4.78, 5) is 6.87. The Morgan fingerprint density at radius 1 is 1.32 bits per heavy atom. The minimum atomic E-state index is 0.400. The second kappa shape index (κ2) is 10.9. The van der Waals surface area contributed by atoms with Crippen LogP contribution in [0.5, 0.6) is 0 Å². The number of nitrogens with two attached hydrogens (primary N) is 1. The third-order valence-corrected chi connectivity index (χ3v) is 6.43. The molecular formula is C24H35N7. The molecule has 1 unspecified atom stereocenters. The summed E-state index contributed by atoms with van der Waals surface area (Å²) in [7, 11) is 1.85. The van der Waals surface area contributed by atoms with Crippen molar-refractivity contribution in [1.29, 1.82) is 5.26 Å². The number of hydrogen-bond donors (Lipinski definition) is 2. The van der Waals surface area contributed by atoms with E-state index in [0.717, 1.165) is 55.2 Å². The van der Waals surface area contributed by atoms with Crippen molar-refractivity contribution in [2.45, 2.75) is 46.0 Å². The van der Waals surface area contributed by atoms with Gasteiger partial charge in [-0.3, -0.25) is 4.99 Å². The molecule has 7 heteroatoms. The second-order valence-corrected chi connectivity index (χ2v) is 8.21. The highest BCUT2D eigenvalue weighted by molar-refractivity contribution is 5.80. The Hall–Kier alpha value is -3.01. The van der Waals surface area contributed by atoms with Crippen molar-refractivity contribution in [3.05, 3.63) is 41.6 Å². The van der Waals surface area contributed by atoms with Crippen LogP contribution in [0.1, 0.15) is 50.8 Å². The lowest BCUT2D eigenvalue weighted by Crippen LogP contribution is -2.40. The van der Waals surface area contributed by atoms with E-state index in [0.29, 0.717) is 17.8 Å². The molecule has 7 nitrogen and oxygen atoms in total. The number of guanidine groups is 1. The van der Waals surface area contributed by atoms with E-state index in [1.807, 2.05) is 37.4 Å². The van der Waals surface area contributed by atoms with E-state index in [4.69, 9.17) is 5.73 Å². The van der Waals surface area contributed by atoms with Crippen LogP contribution in [0.15, 0.2) is 35.3 Å². The molecule has 31 heavy (non-hydrogen) atoms. The summed E-state index contributed by atoms with van der Waals surface area (Å²) in [6.45, 7) is 7.53. The van der Waals surface area contributed by atoms with Crippen molar-refractivity contribution < 1.29 is 0 Å². The molecular weight excluding hydrogens is 386 g/mol. The van der Waals surface area contributed by atoms with Crippen molar-refractivity contribution in [2.75, 3.05) is 32.4 Å². The van der Waals surface area contributed by atoms with Crippen LogP contribution < -0.4 is 11.1 Å². The van der Waals surface area contributed by atoms with Gasteiger partial charge in [-0.05, 0) is 43.2 Å². The van der Waals surface area contributed by atoms with Gasteiger partial charge < -0.3 is 16.0 Å². The zero-order valence-electron chi connectivity index (χ0n) is 19.0. The maximum absolute atomic E-state index is 9.57. The zero-order chi connectivity index (χ0) is 22.2. The van der Waals surface area contributed by atoms with Crippen molar-refractivity contribution in [1.82, 2.24) is 20.0 Å². The van der Waals surface area contributed by atoms with Gasteiger partial charge >= 0.3 is 0 Å². The number of aliphatic imine (C=N–C) groups is 1. The number of aromatic nitrogens is 2. The number of anilines is 1. The van der Waals surface area contributed by atoms with Crippen molar-refractivity contribution >= 4 is 11.8 Å². The van der Waals surface area contributed by atoms with Gasteiger partial charge in [0.2, 0.25) is 0 Å². The van der Waals surface area contributed by atoms with Crippen molar-refractivity contribution in [2.24, 2.45) is 16.8 Å². The minimum Gasteiger partial charge on any atom is -0.382 e. The highest BCUT2D eigenvalue weighted by Gasteiger charge is 2.29. The van der Waals surface area contributed by atoms with Crippen LogP contribution in [0.25, 0.3) is 5.69 Å².